The maximum absolute atomic E-state index is 10.7. The van der Waals surface area contributed by atoms with E-state index in [-0.39, 0.29) is 23.4 Å². The van der Waals surface area contributed by atoms with E-state index in [1.165, 1.54) is 12.4 Å². The zero-order valence-corrected chi connectivity index (χ0v) is 18.4. The van der Waals surface area contributed by atoms with Crippen LogP contribution in [0, 0.1) is 11.3 Å². The van der Waals surface area contributed by atoms with Gasteiger partial charge in [-0.15, -0.1) is 0 Å². The third-order valence-corrected chi connectivity index (χ3v) is 5.84. The molecular weight excluding hydrogens is 420 g/mol. The van der Waals surface area contributed by atoms with Gasteiger partial charge in [0.2, 0.25) is 5.82 Å². The van der Waals surface area contributed by atoms with E-state index < -0.39 is 6.09 Å². The molecule has 1 fully saturated rings. The van der Waals surface area contributed by atoms with Crippen LogP contribution in [0.25, 0.3) is 0 Å². The predicted octanol–water partition coefficient (Wildman–Crippen LogP) is 4.64. The number of carboxylic acid groups (broad SMARTS) is 1. The lowest BCUT2D eigenvalue weighted by Gasteiger charge is -2.35. The molecule has 0 spiro atoms. The number of amides is 1. The van der Waals surface area contributed by atoms with Crippen LogP contribution < -0.4 is 14.8 Å². The minimum atomic E-state index is -0.993. The molecule has 0 saturated heterocycles. The average molecular weight is 444 g/mol. The number of ether oxygens (including phenoxy) is 2. The molecular formula is C25H24N4O4. The second kappa shape index (κ2) is 9.17. The van der Waals surface area contributed by atoms with Gasteiger partial charge in [-0.3, -0.25) is 0 Å². The van der Waals surface area contributed by atoms with Gasteiger partial charge in [0.15, 0.2) is 5.75 Å². The lowest BCUT2D eigenvalue weighted by Crippen LogP contribution is -2.48. The van der Waals surface area contributed by atoms with Crippen molar-refractivity contribution < 1.29 is 19.4 Å². The standard InChI is InChI=1S/C25H24N4O4/c1-25(2,16-3-7-19(8-4-16)32-21-11-18(12-21)29-24(30)31)17-5-9-20(10-6-17)33-22-14-27-23(13-26)28-15-22/h3-10,14-15,18,21,29H,11-12H2,1-2H3,(H,30,31)/t18-,21-. The Kier molecular flexibility index (Phi) is 6.13. The third-order valence-electron chi connectivity index (χ3n) is 5.84. The Bertz CT molecular complexity index is 1150. The fourth-order valence-corrected chi connectivity index (χ4v) is 3.77. The van der Waals surface area contributed by atoms with Gasteiger partial charge in [0.1, 0.15) is 23.7 Å². The van der Waals surface area contributed by atoms with Crippen LogP contribution in [0.15, 0.2) is 60.9 Å². The van der Waals surface area contributed by atoms with Crippen LogP contribution in [-0.2, 0) is 5.41 Å². The number of nitrogens with one attached hydrogen (secondary N) is 1. The van der Waals surface area contributed by atoms with E-state index in [9.17, 15) is 4.79 Å². The van der Waals surface area contributed by atoms with Crippen LogP contribution in [0.2, 0.25) is 0 Å². The van der Waals surface area contributed by atoms with Gasteiger partial charge in [-0.25, -0.2) is 14.8 Å². The Hall–Kier alpha value is -4.12. The summed E-state index contributed by atoms with van der Waals surface area (Å²) in [6, 6.07) is 17.7. The fraction of sp³-hybridized carbons (Fsp3) is 0.280. The highest BCUT2D eigenvalue weighted by molar-refractivity contribution is 5.65. The molecule has 1 saturated carbocycles. The Morgan fingerprint density at radius 3 is 2.06 bits per heavy atom. The minimum Gasteiger partial charge on any atom is -0.490 e. The van der Waals surface area contributed by atoms with Gasteiger partial charge in [0.05, 0.1) is 12.4 Å². The van der Waals surface area contributed by atoms with Crippen LogP contribution in [0.4, 0.5) is 4.79 Å². The van der Waals surface area contributed by atoms with Crippen molar-refractivity contribution in [3.8, 4) is 23.3 Å². The van der Waals surface area contributed by atoms with Crippen LogP contribution in [0.5, 0.6) is 17.2 Å². The van der Waals surface area contributed by atoms with Gasteiger partial charge in [-0.05, 0) is 35.4 Å². The van der Waals surface area contributed by atoms with Crippen LogP contribution in [0.1, 0.15) is 43.6 Å². The summed E-state index contributed by atoms with van der Waals surface area (Å²) in [6.07, 6.45) is 3.35. The first-order valence-corrected chi connectivity index (χ1v) is 10.6. The van der Waals surface area contributed by atoms with Crippen LogP contribution >= 0.6 is 0 Å². The maximum Gasteiger partial charge on any atom is 0.404 e. The summed E-state index contributed by atoms with van der Waals surface area (Å²) in [5.41, 5.74) is 2.03. The number of benzene rings is 2. The molecule has 0 bridgehead atoms. The third kappa shape index (κ3) is 5.21. The van der Waals surface area contributed by atoms with Crippen LogP contribution in [-0.4, -0.2) is 33.3 Å². The number of nitrogens with zero attached hydrogens (tertiary/aromatic N) is 3. The first-order valence-electron chi connectivity index (χ1n) is 10.6. The molecule has 1 aliphatic carbocycles. The molecule has 8 heteroatoms. The molecule has 1 amide bonds. The molecule has 0 atom stereocenters. The summed E-state index contributed by atoms with van der Waals surface area (Å²) >= 11 is 0. The normalized spacial score (nSPS) is 17.4. The minimum absolute atomic E-state index is 0.0258. The number of nitriles is 1. The highest BCUT2D eigenvalue weighted by Gasteiger charge is 2.32. The summed E-state index contributed by atoms with van der Waals surface area (Å²) in [5.74, 6) is 2.00. The molecule has 33 heavy (non-hydrogen) atoms. The Labute approximate surface area is 191 Å². The average Bonchev–Trinajstić information content (AvgIpc) is 2.78. The second-order valence-electron chi connectivity index (χ2n) is 8.49. The van der Waals surface area contributed by atoms with Crippen molar-refractivity contribution in [2.24, 2.45) is 0 Å². The molecule has 3 aromatic rings. The van der Waals surface area contributed by atoms with E-state index in [4.69, 9.17) is 19.8 Å². The molecule has 1 heterocycles. The fourth-order valence-electron chi connectivity index (χ4n) is 3.77. The largest absolute Gasteiger partial charge is 0.490 e. The molecule has 0 unspecified atom stereocenters. The number of hydrogen-bond donors (Lipinski definition) is 2. The van der Waals surface area contributed by atoms with Gasteiger partial charge in [0.25, 0.3) is 0 Å². The molecule has 1 aliphatic rings. The lowest BCUT2D eigenvalue weighted by atomic mass is 9.78. The number of aromatic nitrogens is 2. The number of carbonyl (C=O) groups is 1. The van der Waals surface area contributed by atoms with Crippen molar-refractivity contribution in [1.29, 1.82) is 5.26 Å². The van der Waals surface area contributed by atoms with Crippen molar-refractivity contribution >= 4 is 6.09 Å². The van der Waals surface area contributed by atoms with E-state index in [0.717, 1.165) is 16.9 Å². The summed E-state index contributed by atoms with van der Waals surface area (Å²) in [7, 11) is 0. The summed E-state index contributed by atoms with van der Waals surface area (Å²) < 4.78 is 11.7. The molecule has 2 N–H and O–H groups in total. The first kappa shape index (κ1) is 22.1. The molecule has 0 aliphatic heterocycles. The Balaban J connectivity index is 1.37. The molecule has 2 aromatic carbocycles. The van der Waals surface area contributed by atoms with Crippen molar-refractivity contribution in [1.82, 2.24) is 15.3 Å². The second-order valence-corrected chi connectivity index (χ2v) is 8.49. The van der Waals surface area contributed by atoms with Crippen molar-refractivity contribution in [3.63, 3.8) is 0 Å². The lowest BCUT2D eigenvalue weighted by molar-refractivity contribution is 0.0833. The summed E-state index contributed by atoms with van der Waals surface area (Å²) in [6.45, 7) is 4.31. The SMILES string of the molecule is CC(C)(c1ccc(Oc2cnc(C#N)nc2)cc1)c1ccc(O[C@H]2C[C@H](NC(=O)O)C2)cc1. The highest BCUT2D eigenvalue weighted by Crippen LogP contribution is 2.34. The van der Waals surface area contributed by atoms with Crippen molar-refractivity contribution in [3.05, 3.63) is 77.9 Å². The Morgan fingerprint density at radius 2 is 1.55 bits per heavy atom. The first-order chi connectivity index (χ1) is 15.8. The molecule has 1 aromatic heterocycles. The number of hydrogen-bond acceptors (Lipinski definition) is 6. The number of rotatable bonds is 7. The van der Waals surface area contributed by atoms with Gasteiger partial charge in [-0.2, -0.15) is 5.26 Å². The topological polar surface area (TPSA) is 117 Å². The molecule has 168 valence electrons. The smallest absolute Gasteiger partial charge is 0.404 e. The van der Waals surface area contributed by atoms with E-state index >= 15 is 0 Å². The Morgan fingerprint density at radius 1 is 1.00 bits per heavy atom. The monoisotopic (exact) mass is 444 g/mol. The quantitative estimate of drug-likeness (QED) is 0.545. The van der Waals surface area contributed by atoms with Crippen molar-refractivity contribution in [2.45, 2.75) is 44.2 Å². The zero-order valence-electron chi connectivity index (χ0n) is 18.4. The predicted molar refractivity (Wildman–Crippen MR) is 120 cm³/mol. The van der Waals surface area contributed by atoms with Crippen molar-refractivity contribution in [2.75, 3.05) is 0 Å². The van der Waals surface area contributed by atoms with E-state index in [1.54, 1.807) is 0 Å². The van der Waals surface area contributed by atoms with Gasteiger partial charge in [-0.1, -0.05) is 38.1 Å². The zero-order chi connectivity index (χ0) is 23.4. The maximum atomic E-state index is 10.7. The molecule has 8 nitrogen and oxygen atoms in total. The van der Waals surface area contributed by atoms with Gasteiger partial charge in [0, 0.05) is 24.3 Å². The van der Waals surface area contributed by atoms with Gasteiger partial charge < -0.3 is 19.9 Å². The highest BCUT2D eigenvalue weighted by atomic mass is 16.5. The summed E-state index contributed by atoms with van der Waals surface area (Å²) in [4.78, 5) is 18.5. The van der Waals surface area contributed by atoms with E-state index in [0.29, 0.717) is 24.3 Å². The van der Waals surface area contributed by atoms with Gasteiger partial charge >= 0.3 is 6.09 Å². The summed E-state index contributed by atoms with van der Waals surface area (Å²) in [5, 5.41) is 20.0. The van der Waals surface area contributed by atoms with E-state index in [1.807, 2.05) is 42.5 Å². The van der Waals surface area contributed by atoms with E-state index in [2.05, 4.69) is 41.3 Å². The molecule has 4 rings (SSSR count). The molecule has 0 radical (unpaired) electrons. The van der Waals surface area contributed by atoms with Crippen LogP contribution in [0.3, 0.4) is 0 Å².